The number of carbonyl (C=O) groups excluding carboxylic acids is 3. The van der Waals surface area contributed by atoms with Gasteiger partial charge in [-0.05, 0) is 42.5 Å². The molecule has 1 fully saturated rings. The lowest BCUT2D eigenvalue weighted by Crippen LogP contribution is -2.35. The van der Waals surface area contributed by atoms with E-state index in [1.165, 1.54) is 18.2 Å². The van der Waals surface area contributed by atoms with Crippen LogP contribution in [0.15, 0.2) is 76.7 Å². The summed E-state index contributed by atoms with van der Waals surface area (Å²) in [5.74, 6) is -0.472. The van der Waals surface area contributed by atoms with Crippen molar-refractivity contribution in [3.63, 3.8) is 0 Å². The molecule has 0 aliphatic carbocycles. The number of esters is 1. The summed E-state index contributed by atoms with van der Waals surface area (Å²) in [7, 11) is 1.32. The van der Waals surface area contributed by atoms with Crippen LogP contribution >= 0.6 is 0 Å². The van der Waals surface area contributed by atoms with Crippen LogP contribution in [0.25, 0.3) is 17.4 Å². The fraction of sp³-hybridized carbons (Fsp3) is 0.0455. The molecule has 0 atom stereocenters. The topological polar surface area (TPSA) is 88.9 Å². The zero-order valence-corrected chi connectivity index (χ0v) is 15.4. The average molecular weight is 388 g/mol. The normalized spacial score (nSPS) is 14.9. The van der Waals surface area contributed by atoms with Crippen LogP contribution in [0.3, 0.4) is 0 Å². The van der Waals surface area contributed by atoms with Gasteiger partial charge in [0, 0.05) is 5.56 Å². The summed E-state index contributed by atoms with van der Waals surface area (Å²) < 4.78 is 10.4. The minimum absolute atomic E-state index is 0.0178. The second kappa shape index (κ2) is 7.47. The van der Waals surface area contributed by atoms with E-state index in [1.54, 1.807) is 60.7 Å². The summed E-state index contributed by atoms with van der Waals surface area (Å²) >= 11 is 0. The second-order valence-corrected chi connectivity index (χ2v) is 6.25. The highest BCUT2D eigenvalue weighted by Crippen LogP contribution is 2.26. The molecule has 1 aliphatic rings. The van der Waals surface area contributed by atoms with Gasteiger partial charge < -0.3 is 9.15 Å². The molecule has 0 spiro atoms. The molecule has 29 heavy (non-hydrogen) atoms. The minimum atomic E-state index is -0.501. The van der Waals surface area contributed by atoms with Crippen LogP contribution in [0.1, 0.15) is 16.1 Å². The minimum Gasteiger partial charge on any atom is -0.465 e. The van der Waals surface area contributed by atoms with Crippen molar-refractivity contribution in [3.8, 4) is 11.3 Å². The highest BCUT2D eigenvalue weighted by molar-refractivity contribution is 6.31. The molecule has 4 rings (SSSR count). The molecule has 0 saturated carbocycles. The van der Waals surface area contributed by atoms with Crippen LogP contribution in [0.5, 0.6) is 0 Å². The molecule has 1 aromatic heterocycles. The number of nitrogens with one attached hydrogen (secondary N) is 1. The lowest BCUT2D eigenvalue weighted by Gasteiger charge is -2.13. The van der Waals surface area contributed by atoms with Crippen LogP contribution in [-0.2, 0) is 14.3 Å². The summed E-state index contributed by atoms with van der Waals surface area (Å²) in [6.45, 7) is 0. The van der Waals surface area contributed by atoms with Gasteiger partial charge in [-0.1, -0.05) is 30.3 Å². The van der Waals surface area contributed by atoms with Crippen LogP contribution in [0.2, 0.25) is 0 Å². The van der Waals surface area contributed by atoms with E-state index in [9.17, 15) is 14.4 Å². The smallest absolute Gasteiger partial charge is 0.337 e. The molecule has 0 unspecified atom stereocenters. The Morgan fingerprint density at radius 2 is 1.72 bits per heavy atom. The number of ether oxygens (including phenoxy) is 1. The maximum absolute atomic E-state index is 12.6. The fourth-order valence-electron chi connectivity index (χ4n) is 2.93. The molecule has 3 aromatic rings. The number of hydrazine groups is 1. The SMILES string of the molecule is COC(=O)c1ccc(-c2ccc(/C=C3/C(=O)NN(c4ccccc4)C3=O)o2)cc1. The Labute approximate surface area is 166 Å². The highest BCUT2D eigenvalue weighted by Gasteiger charge is 2.34. The number of amides is 2. The Hall–Kier alpha value is -4.13. The number of hydrogen-bond acceptors (Lipinski definition) is 5. The lowest BCUT2D eigenvalue weighted by atomic mass is 10.1. The standard InChI is InChI=1S/C22H16N2O5/c1-28-22(27)15-9-7-14(8-10-15)19-12-11-17(29-19)13-18-20(25)23-24(21(18)26)16-5-3-2-4-6-16/h2-13H,1H3,(H,23,25)/b18-13-. The van der Waals surface area contributed by atoms with E-state index in [4.69, 9.17) is 4.42 Å². The van der Waals surface area contributed by atoms with Gasteiger partial charge in [-0.3, -0.25) is 15.0 Å². The molecule has 2 amide bonds. The largest absolute Gasteiger partial charge is 0.465 e. The zero-order valence-electron chi connectivity index (χ0n) is 15.4. The number of benzene rings is 2. The molecular formula is C22H16N2O5. The Balaban J connectivity index is 1.57. The van der Waals surface area contributed by atoms with Crippen LogP contribution in [-0.4, -0.2) is 24.9 Å². The summed E-state index contributed by atoms with van der Waals surface area (Å²) in [6.07, 6.45) is 1.41. The quantitative estimate of drug-likeness (QED) is 0.421. The lowest BCUT2D eigenvalue weighted by molar-refractivity contribution is -0.117. The zero-order chi connectivity index (χ0) is 20.4. The first-order valence-electron chi connectivity index (χ1n) is 8.77. The van der Waals surface area contributed by atoms with Crippen LogP contribution < -0.4 is 10.4 Å². The van der Waals surface area contributed by atoms with Crippen molar-refractivity contribution in [2.45, 2.75) is 0 Å². The van der Waals surface area contributed by atoms with Crippen LogP contribution in [0.4, 0.5) is 5.69 Å². The Kier molecular flexibility index (Phi) is 4.70. The number of para-hydroxylation sites is 1. The van der Waals surface area contributed by atoms with E-state index in [0.29, 0.717) is 22.8 Å². The number of methoxy groups -OCH3 is 1. The van der Waals surface area contributed by atoms with Crippen molar-refractivity contribution in [1.29, 1.82) is 0 Å². The Morgan fingerprint density at radius 1 is 1.00 bits per heavy atom. The molecule has 144 valence electrons. The predicted octanol–water partition coefficient (Wildman–Crippen LogP) is 3.19. The molecule has 0 radical (unpaired) electrons. The monoisotopic (exact) mass is 388 g/mol. The molecule has 7 nitrogen and oxygen atoms in total. The van der Waals surface area contributed by atoms with Crippen molar-refractivity contribution < 1.29 is 23.5 Å². The van der Waals surface area contributed by atoms with E-state index < -0.39 is 17.8 Å². The predicted molar refractivity (Wildman–Crippen MR) is 106 cm³/mol. The Morgan fingerprint density at radius 3 is 2.41 bits per heavy atom. The van der Waals surface area contributed by atoms with E-state index in [2.05, 4.69) is 10.2 Å². The molecule has 1 aliphatic heterocycles. The van der Waals surface area contributed by atoms with Gasteiger partial charge in [0.15, 0.2) is 0 Å². The molecule has 0 bridgehead atoms. The summed E-state index contributed by atoms with van der Waals surface area (Å²) in [6, 6.07) is 19.0. The van der Waals surface area contributed by atoms with Crippen molar-refractivity contribution in [2.75, 3.05) is 12.1 Å². The number of furan rings is 1. The summed E-state index contributed by atoms with van der Waals surface area (Å²) in [5, 5.41) is 1.20. The van der Waals surface area contributed by atoms with Crippen molar-refractivity contribution in [1.82, 2.24) is 5.43 Å². The second-order valence-electron chi connectivity index (χ2n) is 6.25. The van der Waals surface area contributed by atoms with Crippen molar-refractivity contribution in [2.24, 2.45) is 0 Å². The number of rotatable bonds is 4. The molecule has 2 aromatic carbocycles. The third kappa shape index (κ3) is 3.53. The molecular weight excluding hydrogens is 372 g/mol. The maximum Gasteiger partial charge on any atom is 0.337 e. The molecule has 7 heteroatoms. The van der Waals surface area contributed by atoms with E-state index in [-0.39, 0.29) is 5.57 Å². The molecule has 2 heterocycles. The highest BCUT2D eigenvalue weighted by atomic mass is 16.5. The average Bonchev–Trinajstić information content (AvgIpc) is 3.34. The first kappa shape index (κ1) is 18.2. The Bertz CT molecular complexity index is 1110. The van der Waals surface area contributed by atoms with Gasteiger partial charge in [-0.25, -0.2) is 9.80 Å². The van der Waals surface area contributed by atoms with E-state index >= 15 is 0 Å². The summed E-state index contributed by atoms with van der Waals surface area (Å²) in [4.78, 5) is 36.4. The van der Waals surface area contributed by atoms with Gasteiger partial charge in [0.25, 0.3) is 11.8 Å². The number of hydrogen-bond donors (Lipinski definition) is 1. The number of anilines is 1. The first-order valence-corrected chi connectivity index (χ1v) is 8.77. The molecule has 1 N–H and O–H groups in total. The van der Waals surface area contributed by atoms with Gasteiger partial charge in [0.05, 0.1) is 18.4 Å². The third-order valence-corrected chi connectivity index (χ3v) is 4.41. The van der Waals surface area contributed by atoms with Gasteiger partial charge in [-0.2, -0.15) is 0 Å². The van der Waals surface area contributed by atoms with E-state index in [1.807, 2.05) is 6.07 Å². The van der Waals surface area contributed by atoms with E-state index in [0.717, 1.165) is 5.56 Å². The third-order valence-electron chi connectivity index (χ3n) is 4.41. The first-order chi connectivity index (χ1) is 14.1. The van der Waals surface area contributed by atoms with Crippen LogP contribution in [0, 0.1) is 0 Å². The number of carbonyl (C=O) groups is 3. The van der Waals surface area contributed by atoms with Gasteiger partial charge in [0.1, 0.15) is 17.1 Å². The van der Waals surface area contributed by atoms with Gasteiger partial charge in [0.2, 0.25) is 0 Å². The van der Waals surface area contributed by atoms with Crippen molar-refractivity contribution in [3.05, 3.63) is 83.6 Å². The summed E-state index contributed by atoms with van der Waals surface area (Å²) in [5.41, 5.74) is 4.27. The van der Waals surface area contributed by atoms with Crippen molar-refractivity contribution >= 4 is 29.5 Å². The van der Waals surface area contributed by atoms with Gasteiger partial charge in [-0.15, -0.1) is 0 Å². The molecule has 1 saturated heterocycles. The van der Waals surface area contributed by atoms with Gasteiger partial charge >= 0.3 is 5.97 Å². The maximum atomic E-state index is 12.6. The fourth-order valence-corrected chi connectivity index (χ4v) is 2.93. The number of nitrogens with zero attached hydrogens (tertiary/aromatic N) is 1.